The molecule has 1 aromatic carbocycles. The lowest BCUT2D eigenvalue weighted by molar-refractivity contribution is 0.150. The zero-order valence-electron chi connectivity index (χ0n) is 23.8. The number of pyridine rings is 2. The number of imidazole rings is 1. The molecule has 0 bridgehead atoms. The van der Waals surface area contributed by atoms with Crippen molar-refractivity contribution in [3.05, 3.63) is 78.2 Å². The van der Waals surface area contributed by atoms with Gasteiger partial charge in [-0.15, -0.1) is 0 Å². The second-order valence-corrected chi connectivity index (χ2v) is 11.2. The molecule has 5 heterocycles. The van der Waals surface area contributed by atoms with Crippen LogP contribution in [0.4, 0.5) is 10.6 Å². The van der Waals surface area contributed by atoms with E-state index in [1.54, 1.807) is 22.0 Å². The summed E-state index contributed by atoms with van der Waals surface area (Å²) in [6, 6.07) is 17.0. The van der Waals surface area contributed by atoms with Crippen molar-refractivity contribution >= 4 is 23.0 Å². The van der Waals surface area contributed by atoms with Gasteiger partial charge < -0.3 is 20.9 Å². The smallest absolute Gasteiger partial charge is 0.319 e. The molecule has 1 aliphatic heterocycles. The van der Waals surface area contributed by atoms with E-state index in [4.69, 9.17) is 15.7 Å². The number of fused-ring (bicyclic) bond motifs is 2. The minimum Gasteiger partial charge on any atom is -0.383 e. The number of piperidine rings is 1. The van der Waals surface area contributed by atoms with E-state index < -0.39 is 0 Å². The summed E-state index contributed by atoms with van der Waals surface area (Å²) in [5.41, 5.74) is 12.2. The molecule has 2 aliphatic rings. The van der Waals surface area contributed by atoms with Crippen LogP contribution in [-0.4, -0.2) is 78.4 Å². The minimum absolute atomic E-state index is 0.0952. The van der Waals surface area contributed by atoms with Crippen molar-refractivity contribution in [2.24, 2.45) is 0 Å². The van der Waals surface area contributed by atoms with Crippen molar-refractivity contribution in [3.8, 4) is 22.9 Å². The molecule has 0 unspecified atom stereocenters. The predicted molar refractivity (Wildman–Crippen MR) is 162 cm³/mol. The molecule has 1 saturated heterocycles. The lowest BCUT2D eigenvalue weighted by atomic mass is 10.0. The number of nitrogens with one attached hydrogen (secondary N) is 1. The SMILES string of the molecule is CN(C)C(=O)N1CCC(N[C@H]2CCc3cc(-n4c(-c5cccnc5N)nc5ccc(-n6cccn6)nc54)ccc32)CC1. The summed E-state index contributed by atoms with van der Waals surface area (Å²) in [5, 5.41) is 8.26. The number of rotatable bonds is 5. The summed E-state index contributed by atoms with van der Waals surface area (Å²) in [4.78, 5) is 30.2. The van der Waals surface area contributed by atoms with Crippen LogP contribution in [0.3, 0.4) is 0 Å². The number of nitrogens with zero attached hydrogens (tertiary/aromatic N) is 8. The van der Waals surface area contributed by atoms with Crippen molar-refractivity contribution < 1.29 is 4.79 Å². The van der Waals surface area contributed by atoms with Crippen LogP contribution in [-0.2, 0) is 6.42 Å². The zero-order chi connectivity index (χ0) is 28.8. The number of hydrogen-bond acceptors (Lipinski definition) is 7. The van der Waals surface area contributed by atoms with Gasteiger partial charge in [0.15, 0.2) is 17.3 Å². The average Bonchev–Trinajstić information content (AvgIpc) is 3.76. The third-order valence-electron chi connectivity index (χ3n) is 8.36. The Hall–Kier alpha value is -4.77. The Labute approximate surface area is 244 Å². The van der Waals surface area contributed by atoms with E-state index in [0.717, 1.165) is 61.2 Å². The normalized spacial score (nSPS) is 17.1. The maximum absolute atomic E-state index is 12.3. The number of benzene rings is 1. The van der Waals surface area contributed by atoms with Crippen LogP contribution in [0.25, 0.3) is 34.1 Å². The van der Waals surface area contributed by atoms with Crippen LogP contribution in [0.1, 0.15) is 36.4 Å². The number of hydrogen-bond donors (Lipinski definition) is 2. The summed E-state index contributed by atoms with van der Waals surface area (Å²) in [5.74, 6) is 1.83. The topological polar surface area (TPSA) is 123 Å². The van der Waals surface area contributed by atoms with Gasteiger partial charge in [-0.25, -0.2) is 24.4 Å². The fourth-order valence-corrected chi connectivity index (χ4v) is 6.23. The molecule has 7 rings (SSSR count). The number of nitrogens with two attached hydrogens (primary N) is 1. The summed E-state index contributed by atoms with van der Waals surface area (Å²) >= 11 is 0. The maximum Gasteiger partial charge on any atom is 0.319 e. The van der Waals surface area contributed by atoms with E-state index in [1.807, 2.05) is 55.5 Å². The molecule has 42 heavy (non-hydrogen) atoms. The summed E-state index contributed by atoms with van der Waals surface area (Å²) in [6.07, 6.45) is 9.26. The molecule has 11 heteroatoms. The molecular weight excluding hydrogens is 528 g/mol. The van der Waals surface area contributed by atoms with Gasteiger partial charge in [-0.05, 0) is 79.3 Å². The highest BCUT2D eigenvalue weighted by atomic mass is 16.2. The number of aromatic nitrogens is 6. The number of aryl methyl sites for hydroxylation is 1. The van der Waals surface area contributed by atoms with Crippen molar-refractivity contribution in [1.29, 1.82) is 0 Å². The largest absolute Gasteiger partial charge is 0.383 e. The molecule has 0 saturated carbocycles. The first-order valence-electron chi connectivity index (χ1n) is 14.4. The van der Waals surface area contributed by atoms with Crippen molar-refractivity contribution in [3.63, 3.8) is 0 Å². The number of carbonyl (C=O) groups is 1. The first-order valence-corrected chi connectivity index (χ1v) is 14.4. The lowest BCUT2D eigenvalue weighted by Crippen LogP contribution is -2.48. The van der Waals surface area contributed by atoms with Gasteiger partial charge in [-0.3, -0.25) is 4.57 Å². The Morgan fingerprint density at radius 3 is 2.64 bits per heavy atom. The van der Waals surface area contributed by atoms with E-state index in [9.17, 15) is 4.79 Å². The van der Waals surface area contributed by atoms with Crippen molar-refractivity contribution in [2.75, 3.05) is 32.9 Å². The van der Waals surface area contributed by atoms with Crippen LogP contribution in [0.2, 0.25) is 0 Å². The van der Waals surface area contributed by atoms with E-state index in [1.165, 1.54) is 11.1 Å². The molecule has 1 atom stereocenters. The third kappa shape index (κ3) is 4.65. The Bertz CT molecular complexity index is 1750. The van der Waals surface area contributed by atoms with E-state index in [0.29, 0.717) is 29.5 Å². The zero-order valence-corrected chi connectivity index (χ0v) is 23.8. The molecule has 11 nitrogen and oxygen atoms in total. The third-order valence-corrected chi connectivity index (χ3v) is 8.36. The lowest BCUT2D eigenvalue weighted by Gasteiger charge is -2.35. The van der Waals surface area contributed by atoms with E-state index >= 15 is 0 Å². The summed E-state index contributed by atoms with van der Waals surface area (Å²) < 4.78 is 3.82. The molecule has 0 radical (unpaired) electrons. The monoisotopic (exact) mass is 562 g/mol. The highest BCUT2D eigenvalue weighted by molar-refractivity contribution is 5.83. The van der Waals surface area contributed by atoms with Crippen molar-refractivity contribution in [2.45, 2.75) is 37.8 Å². The molecule has 2 amide bonds. The number of carbonyl (C=O) groups excluding carboxylic acids is 1. The Morgan fingerprint density at radius 2 is 1.88 bits per heavy atom. The average molecular weight is 563 g/mol. The predicted octanol–water partition coefficient (Wildman–Crippen LogP) is 3.97. The number of likely N-dealkylation sites (tertiary alicyclic amines) is 1. The minimum atomic E-state index is 0.0952. The highest BCUT2D eigenvalue weighted by Crippen LogP contribution is 2.36. The van der Waals surface area contributed by atoms with Gasteiger partial charge in [-0.2, -0.15) is 5.10 Å². The van der Waals surface area contributed by atoms with E-state index in [2.05, 4.69) is 38.2 Å². The fourth-order valence-electron chi connectivity index (χ4n) is 6.23. The maximum atomic E-state index is 12.3. The van der Waals surface area contributed by atoms with Gasteiger partial charge >= 0.3 is 6.03 Å². The first kappa shape index (κ1) is 26.1. The van der Waals surface area contributed by atoms with Crippen molar-refractivity contribution in [1.82, 2.24) is 44.4 Å². The molecule has 214 valence electrons. The second kappa shape index (κ2) is 10.6. The quantitative estimate of drug-likeness (QED) is 0.332. The molecule has 3 N–H and O–H groups in total. The van der Waals surface area contributed by atoms with Crippen LogP contribution < -0.4 is 11.1 Å². The Balaban J connectivity index is 1.21. The van der Waals surface area contributed by atoms with Crippen LogP contribution in [0.15, 0.2) is 67.1 Å². The molecule has 5 aromatic rings. The van der Waals surface area contributed by atoms with E-state index in [-0.39, 0.29) is 6.03 Å². The molecule has 1 aliphatic carbocycles. The van der Waals surface area contributed by atoms with Gasteiger partial charge in [0, 0.05) is 63.5 Å². The molecular formula is C31H34N10O. The van der Waals surface area contributed by atoms with Gasteiger partial charge in [0.2, 0.25) is 0 Å². The number of nitrogen functional groups attached to an aromatic ring is 1. The number of anilines is 1. The highest BCUT2D eigenvalue weighted by Gasteiger charge is 2.29. The standard InChI is InChI=1S/C31H34N10O/c1-38(2)31(42)39-17-12-21(13-18-39)35-25-9-6-20-19-22(7-8-23(20)25)41-29(24-5-3-14-33-28(24)32)36-26-10-11-27(37-30(26)41)40-16-4-15-34-40/h3-5,7-8,10-11,14-16,19,21,25,35H,6,9,12-13,17-18H2,1-2H3,(H2,32,33)/t25-/m0/s1. The van der Waals surface area contributed by atoms with Crippen LogP contribution >= 0.6 is 0 Å². The number of amides is 2. The van der Waals surface area contributed by atoms with Gasteiger partial charge in [-0.1, -0.05) is 6.07 Å². The Kier molecular flexibility index (Phi) is 6.58. The van der Waals surface area contributed by atoms with Gasteiger partial charge in [0.25, 0.3) is 0 Å². The Morgan fingerprint density at radius 1 is 1.02 bits per heavy atom. The number of urea groups is 1. The van der Waals surface area contributed by atoms with Crippen LogP contribution in [0.5, 0.6) is 0 Å². The summed E-state index contributed by atoms with van der Waals surface area (Å²) in [7, 11) is 3.62. The first-order chi connectivity index (χ1) is 20.5. The summed E-state index contributed by atoms with van der Waals surface area (Å²) in [6.45, 7) is 1.57. The molecule has 1 fully saturated rings. The second-order valence-electron chi connectivity index (χ2n) is 11.2. The van der Waals surface area contributed by atoms with Gasteiger partial charge in [0.05, 0.1) is 5.56 Å². The van der Waals surface area contributed by atoms with Crippen LogP contribution in [0, 0.1) is 0 Å². The molecule has 4 aromatic heterocycles. The fraction of sp³-hybridized carbons (Fsp3) is 0.323. The molecule has 0 spiro atoms. The van der Waals surface area contributed by atoms with Gasteiger partial charge in [0.1, 0.15) is 11.3 Å².